The first kappa shape index (κ1) is 14.2. The van der Waals surface area contributed by atoms with Crippen LogP contribution in [-0.4, -0.2) is 37.6 Å². The number of dihydropyridines is 1. The van der Waals surface area contributed by atoms with Gasteiger partial charge < -0.3 is 5.32 Å². The van der Waals surface area contributed by atoms with E-state index >= 15 is 0 Å². The van der Waals surface area contributed by atoms with Gasteiger partial charge in [0, 0.05) is 30.8 Å². The Morgan fingerprint density at radius 3 is 3.00 bits per heavy atom. The molecule has 0 radical (unpaired) electrons. The predicted molar refractivity (Wildman–Crippen MR) is 84.2 cm³/mol. The van der Waals surface area contributed by atoms with Crippen molar-refractivity contribution < 1.29 is 4.79 Å². The third kappa shape index (κ3) is 2.98. The summed E-state index contributed by atoms with van der Waals surface area (Å²) >= 11 is 0. The van der Waals surface area contributed by atoms with Gasteiger partial charge in [-0.2, -0.15) is 5.10 Å². The van der Waals surface area contributed by atoms with Gasteiger partial charge in [-0.15, -0.1) is 0 Å². The molecule has 7 heteroatoms. The lowest BCUT2D eigenvalue weighted by atomic mass is 10.00. The molecule has 0 saturated heterocycles. The topological polar surface area (TPSA) is 77.1 Å². The number of nitrogens with zero attached hydrogens (tertiary/aromatic N) is 5. The van der Waals surface area contributed by atoms with Crippen LogP contribution in [0.4, 0.5) is 10.5 Å². The standard InChI is InChI=1S/C15H18N6O/c1-11-3-4-17-12(2)14(11)9-21-8-13(7-18-21)19-15(22)20-6-5-16-10-20/h5-8,10H,3-4,9H2,1-2H3,(H,19,22). The largest absolute Gasteiger partial charge is 0.331 e. The molecule has 22 heavy (non-hydrogen) atoms. The summed E-state index contributed by atoms with van der Waals surface area (Å²) in [6, 6.07) is -0.261. The number of anilines is 1. The van der Waals surface area contributed by atoms with Crippen molar-refractivity contribution in [2.24, 2.45) is 4.99 Å². The molecule has 3 rings (SSSR count). The fourth-order valence-corrected chi connectivity index (χ4v) is 2.44. The van der Waals surface area contributed by atoms with Crippen LogP contribution in [0, 0.1) is 0 Å². The van der Waals surface area contributed by atoms with Gasteiger partial charge in [0.2, 0.25) is 0 Å². The first-order valence-electron chi connectivity index (χ1n) is 7.15. The summed E-state index contributed by atoms with van der Waals surface area (Å²) in [5, 5.41) is 7.08. The maximum Gasteiger partial charge on any atom is 0.331 e. The molecule has 0 aliphatic carbocycles. The molecule has 2 aromatic heterocycles. The van der Waals surface area contributed by atoms with Crippen LogP contribution in [-0.2, 0) is 6.54 Å². The van der Waals surface area contributed by atoms with Gasteiger partial charge >= 0.3 is 6.03 Å². The van der Waals surface area contributed by atoms with E-state index in [1.54, 1.807) is 18.6 Å². The number of nitrogens with one attached hydrogen (secondary N) is 1. The molecule has 7 nitrogen and oxygen atoms in total. The molecular weight excluding hydrogens is 280 g/mol. The van der Waals surface area contributed by atoms with Gasteiger partial charge in [0.1, 0.15) is 6.33 Å². The fraction of sp³-hybridized carbons (Fsp3) is 0.333. The average Bonchev–Trinajstić information content (AvgIpc) is 3.15. The second-order valence-corrected chi connectivity index (χ2v) is 5.30. The molecule has 0 fully saturated rings. The van der Waals surface area contributed by atoms with Gasteiger partial charge in [-0.25, -0.2) is 9.78 Å². The van der Waals surface area contributed by atoms with Crippen molar-refractivity contribution in [2.45, 2.75) is 26.8 Å². The first-order valence-corrected chi connectivity index (χ1v) is 7.15. The zero-order valence-electron chi connectivity index (χ0n) is 12.7. The van der Waals surface area contributed by atoms with Crippen molar-refractivity contribution in [2.75, 3.05) is 11.9 Å². The minimum Gasteiger partial charge on any atom is -0.304 e. The van der Waals surface area contributed by atoms with E-state index in [1.807, 2.05) is 17.8 Å². The van der Waals surface area contributed by atoms with Crippen LogP contribution in [0.3, 0.4) is 0 Å². The number of carbonyl (C=O) groups excluding carboxylic acids is 1. The highest BCUT2D eigenvalue weighted by atomic mass is 16.2. The van der Waals surface area contributed by atoms with Crippen LogP contribution >= 0.6 is 0 Å². The van der Waals surface area contributed by atoms with E-state index in [0.717, 1.165) is 18.7 Å². The Bertz CT molecular complexity index is 738. The SMILES string of the molecule is CC1=NCCC(C)=C1Cn1cc(NC(=O)n2ccnc2)cn1. The van der Waals surface area contributed by atoms with Gasteiger partial charge in [-0.1, -0.05) is 5.57 Å². The number of aromatic nitrogens is 4. The quantitative estimate of drug-likeness (QED) is 0.944. The van der Waals surface area contributed by atoms with E-state index < -0.39 is 0 Å². The number of allylic oxidation sites excluding steroid dienone is 1. The highest BCUT2D eigenvalue weighted by molar-refractivity contribution is 5.99. The number of rotatable bonds is 3. The van der Waals surface area contributed by atoms with Crippen molar-refractivity contribution in [3.05, 3.63) is 42.3 Å². The summed E-state index contributed by atoms with van der Waals surface area (Å²) < 4.78 is 3.19. The Morgan fingerprint density at radius 2 is 2.27 bits per heavy atom. The zero-order chi connectivity index (χ0) is 15.5. The van der Waals surface area contributed by atoms with Crippen molar-refractivity contribution in [3.8, 4) is 0 Å². The molecule has 1 amide bonds. The normalized spacial score (nSPS) is 14.9. The van der Waals surface area contributed by atoms with Crippen molar-refractivity contribution >= 4 is 17.4 Å². The molecule has 1 aliphatic rings. The van der Waals surface area contributed by atoms with Gasteiger partial charge in [-0.3, -0.25) is 14.2 Å². The summed E-state index contributed by atoms with van der Waals surface area (Å²) in [5.74, 6) is 0. The molecule has 0 atom stereocenters. The van der Waals surface area contributed by atoms with Crippen LogP contribution in [0.25, 0.3) is 0 Å². The number of aliphatic imine (C=N–C) groups is 1. The molecule has 2 aromatic rings. The van der Waals surface area contributed by atoms with Crippen LogP contribution in [0.5, 0.6) is 0 Å². The molecule has 0 unspecified atom stereocenters. The summed E-state index contributed by atoms with van der Waals surface area (Å²) in [5.41, 5.74) is 4.31. The number of carbonyl (C=O) groups is 1. The lowest BCUT2D eigenvalue weighted by Crippen LogP contribution is -2.17. The average molecular weight is 298 g/mol. The van der Waals surface area contributed by atoms with Gasteiger partial charge in [0.15, 0.2) is 0 Å². The molecule has 0 aromatic carbocycles. The smallest absolute Gasteiger partial charge is 0.304 e. The summed E-state index contributed by atoms with van der Waals surface area (Å²) in [6.45, 7) is 5.70. The minimum absolute atomic E-state index is 0.261. The lowest BCUT2D eigenvalue weighted by Gasteiger charge is -2.16. The Morgan fingerprint density at radius 1 is 1.41 bits per heavy atom. The molecule has 0 spiro atoms. The zero-order valence-corrected chi connectivity index (χ0v) is 12.7. The van der Waals surface area contributed by atoms with Crippen molar-refractivity contribution in [3.63, 3.8) is 0 Å². The second kappa shape index (κ2) is 5.97. The Labute approximate surface area is 128 Å². The van der Waals surface area contributed by atoms with E-state index in [-0.39, 0.29) is 6.03 Å². The van der Waals surface area contributed by atoms with Crippen molar-refractivity contribution in [1.82, 2.24) is 19.3 Å². The number of amides is 1. The fourth-order valence-electron chi connectivity index (χ4n) is 2.44. The van der Waals surface area contributed by atoms with Crippen LogP contribution in [0.1, 0.15) is 20.3 Å². The Balaban J connectivity index is 1.69. The third-order valence-corrected chi connectivity index (χ3v) is 3.73. The van der Waals surface area contributed by atoms with Gasteiger partial charge in [0.05, 0.1) is 18.4 Å². The molecule has 114 valence electrons. The number of hydrogen-bond donors (Lipinski definition) is 1. The second-order valence-electron chi connectivity index (χ2n) is 5.30. The lowest BCUT2D eigenvalue weighted by molar-refractivity contribution is 0.253. The van der Waals surface area contributed by atoms with Crippen LogP contribution < -0.4 is 5.32 Å². The molecule has 1 aliphatic heterocycles. The first-order chi connectivity index (χ1) is 10.6. The van der Waals surface area contributed by atoms with Gasteiger partial charge in [-0.05, 0) is 25.8 Å². The Hall–Kier alpha value is -2.70. The summed E-state index contributed by atoms with van der Waals surface area (Å²) in [7, 11) is 0. The van der Waals surface area contributed by atoms with Gasteiger partial charge in [0.25, 0.3) is 0 Å². The van der Waals surface area contributed by atoms with E-state index in [4.69, 9.17) is 0 Å². The molecule has 0 saturated carbocycles. The van der Waals surface area contributed by atoms with Crippen LogP contribution in [0.2, 0.25) is 0 Å². The van der Waals surface area contributed by atoms with Crippen LogP contribution in [0.15, 0.2) is 47.3 Å². The molecule has 3 heterocycles. The third-order valence-electron chi connectivity index (χ3n) is 3.73. The number of hydrogen-bond acceptors (Lipinski definition) is 4. The predicted octanol–water partition coefficient (Wildman–Crippen LogP) is 2.34. The molecular formula is C15H18N6O. The molecule has 1 N–H and O–H groups in total. The Kier molecular flexibility index (Phi) is 3.86. The van der Waals surface area contributed by atoms with E-state index in [0.29, 0.717) is 12.2 Å². The summed E-state index contributed by atoms with van der Waals surface area (Å²) in [6.07, 6.45) is 9.06. The maximum atomic E-state index is 11.9. The number of imidazole rings is 1. The molecule has 0 bridgehead atoms. The monoisotopic (exact) mass is 298 g/mol. The van der Waals surface area contributed by atoms with E-state index in [2.05, 4.69) is 27.3 Å². The van der Waals surface area contributed by atoms with E-state index in [1.165, 1.54) is 22.0 Å². The van der Waals surface area contributed by atoms with Crippen molar-refractivity contribution in [1.29, 1.82) is 0 Å². The summed E-state index contributed by atoms with van der Waals surface area (Å²) in [4.78, 5) is 20.3. The minimum atomic E-state index is -0.261. The highest BCUT2D eigenvalue weighted by Gasteiger charge is 2.13. The highest BCUT2D eigenvalue weighted by Crippen LogP contribution is 2.18. The maximum absolute atomic E-state index is 11.9. The van der Waals surface area contributed by atoms with E-state index in [9.17, 15) is 4.79 Å².